The standard InChI is InChI=1S/C22H26ClN3O2/c1-25(16-20(27)24-19-13-7-6-12-18(19)23)21(17-10-4-2-5-11-17)22(28)26-14-8-3-9-15-26/h2,4-7,10-13,21H,3,8-9,14-16H2,1H3,(H,24,27)/p+1/t21-/m0/s1. The Bertz CT molecular complexity index is 806. The quantitative estimate of drug-likeness (QED) is 0.783. The summed E-state index contributed by atoms with van der Waals surface area (Å²) in [6, 6.07) is 16.5. The van der Waals surface area contributed by atoms with E-state index < -0.39 is 6.04 Å². The summed E-state index contributed by atoms with van der Waals surface area (Å²) in [5.74, 6) is -0.0769. The third-order valence-corrected chi connectivity index (χ3v) is 5.46. The second kappa shape index (κ2) is 9.71. The van der Waals surface area contributed by atoms with Crippen LogP contribution in [0.3, 0.4) is 0 Å². The molecule has 2 amide bonds. The van der Waals surface area contributed by atoms with Crippen molar-refractivity contribution in [2.75, 3.05) is 32.0 Å². The normalized spacial score (nSPS) is 16.3. The Kier molecular flexibility index (Phi) is 7.06. The fraction of sp³-hybridized carbons (Fsp3) is 0.364. The van der Waals surface area contributed by atoms with Gasteiger partial charge in [0.05, 0.1) is 17.8 Å². The number of para-hydroxylation sites is 1. The topological polar surface area (TPSA) is 53.9 Å². The van der Waals surface area contributed by atoms with Crippen molar-refractivity contribution in [1.82, 2.24) is 4.90 Å². The molecule has 3 rings (SSSR count). The van der Waals surface area contributed by atoms with E-state index in [0.717, 1.165) is 36.4 Å². The van der Waals surface area contributed by atoms with Crippen molar-refractivity contribution >= 4 is 29.1 Å². The van der Waals surface area contributed by atoms with Crippen LogP contribution in [-0.2, 0) is 9.59 Å². The third-order valence-electron chi connectivity index (χ3n) is 5.13. The smallest absolute Gasteiger partial charge is 0.285 e. The molecule has 6 heteroatoms. The molecule has 0 saturated carbocycles. The van der Waals surface area contributed by atoms with Gasteiger partial charge in [-0.15, -0.1) is 0 Å². The second-order valence-corrected chi connectivity index (χ2v) is 7.69. The molecule has 2 aromatic rings. The van der Waals surface area contributed by atoms with E-state index in [4.69, 9.17) is 11.6 Å². The number of halogens is 1. The number of anilines is 1. The minimum atomic E-state index is -0.406. The van der Waals surface area contributed by atoms with Gasteiger partial charge < -0.3 is 15.1 Å². The van der Waals surface area contributed by atoms with E-state index in [1.54, 1.807) is 12.1 Å². The van der Waals surface area contributed by atoms with Gasteiger partial charge in [-0.3, -0.25) is 9.59 Å². The minimum absolute atomic E-state index is 0.0916. The maximum Gasteiger partial charge on any atom is 0.285 e. The molecule has 1 unspecified atom stereocenters. The highest BCUT2D eigenvalue weighted by molar-refractivity contribution is 6.33. The zero-order valence-electron chi connectivity index (χ0n) is 16.2. The Morgan fingerprint density at radius 1 is 1.04 bits per heavy atom. The number of rotatable bonds is 6. The molecule has 0 spiro atoms. The molecule has 2 atom stereocenters. The van der Waals surface area contributed by atoms with E-state index in [1.165, 1.54) is 6.42 Å². The Morgan fingerprint density at radius 3 is 2.36 bits per heavy atom. The fourth-order valence-electron chi connectivity index (χ4n) is 3.69. The summed E-state index contributed by atoms with van der Waals surface area (Å²) < 4.78 is 0. The number of benzene rings is 2. The van der Waals surface area contributed by atoms with Crippen LogP contribution >= 0.6 is 11.6 Å². The Hall–Kier alpha value is -2.37. The molecule has 2 N–H and O–H groups in total. The van der Waals surface area contributed by atoms with Gasteiger partial charge in [0.15, 0.2) is 12.6 Å². The highest BCUT2D eigenvalue weighted by atomic mass is 35.5. The van der Waals surface area contributed by atoms with E-state index in [2.05, 4.69) is 5.32 Å². The molecule has 0 radical (unpaired) electrons. The average Bonchev–Trinajstić information content (AvgIpc) is 2.71. The lowest BCUT2D eigenvalue weighted by atomic mass is 10.0. The van der Waals surface area contributed by atoms with Gasteiger partial charge in [-0.05, 0) is 31.4 Å². The van der Waals surface area contributed by atoms with Crippen LogP contribution in [0, 0.1) is 0 Å². The zero-order chi connectivity index (χ0) is 19.9. The van der Waals surface area contributed by atoms with Crippen molar-refractivity contribution in [2.24, 2.45) is 0 Å². The predicted molar refractivity (Wildman–Crippen MR) is 111 cm³/mol. The lowest BCUT2D eigenvalue weighted by Gasteiger charge is -2.32. The van der Waals surface area contributed by atoms with Gasteiger partial charge in [0.25, 0.3) is 11.8 Å². The summed E-state index contributed by atoms with van der Waals surface area (Å²) in [6.07, 6.45) is 3.25. The van der Waals surface area contributed by atoms with E-state index in [9.17, 15) is 9.59 Å². The average molecular weight is 401 g/mol. The summed E-state index contributed by atoms with van der Waals surface area (Å²) in [6.45, 7) is 1.76. The lowest BCUT2D eigenvalue weighted by Crippen LogP contribution is -3.11. The summed E-state index contributed by atoms with van der Waals surface area (Å²) in [7, 11) is 1.89. The largest absolute Gasteiger partial charge is 0.337 e. The van der Waals surface area contributed by atoms with Crippen molar-refractivity contribution in [1.29, 1.82) is 0 Å². The third kappa shape index (κ3) is 5.12. The second-order valence-electron chi connectivity index (χ2n) is 7.28. The molecule has 28 heavy (non-hydrogen) atoms. The van der Waals surface area contributed by atoms with Crippen molar-refractivity contribution in [2.45, 2.75) is 25.3 Å². The van der Waals surface area contributed by atoms with Gasteiger partial charge >= 0.3 is 0 Å². The first-order valence-corrected chi connectivity index (χ1v) is 10.1. The van der Waals surface area contributed by atoms with Gasteiger partial charge in [0, 0.05) is 18.7 Å². The van der Waals surface area contributed by atoms with E-state index in [1.807, 2.05) is 54.4 Å². The van der Waals surface area contributed by atoms with Crippen LogP contribution in [0.1, 0.15) is 30.9 Å². The van der Waals surface area contributed by atoms with Crippen LogP contribution in [0.25, 0.3) is 0 Å². The molecule has 1 aliphatic rings. The lowest BCUT2D eigenvalue weighted by molar-refractivity contribution is -0.894. The summed E-state index contributed by atoms with van der Waals surface area (Å²) in [5, 5.41) is 3.35. The highest BCUT2D eigenvalue weighted by Gasteiger charge is 2.34. The number of likely N-dealkylation sites (N-methyl/N-ethyl adjacent to an activating group) is 1. The number of carbonyl (C=O) groups is 2. The first-order valence-electron chi connectivity index (χ1n) is 9.76. The highest BCUT2D eigenvalue weighted by Crippen LogP contribution is 2.20. The van der Waals surface area contributed by atoms with Crippen LogP contribution in [-0.4, -0.2) is 43.4 Å². The fourth-order valence-corrected chi connectivity index (χ4v) is 3.88. The number of carbonyl (C=O) groups excluding carboxylic acids is 2. The SMILES string of the molecule is C[NH+](CC(=O)Nc1ccccc1Cl)[C@H](C(=O)N1CCCCC1)c1ccccc1. The first-order chi connectivity index (χ1) is 13.6. The summed E-state index contributed by atoms with van der Waals surface area (Å²) in [4.78, 5) is 28.7. The van der Waals surface area contributed by atoms with E-state index in [-0.39, 0.29) is 18.4 Å². The van der Waals surface area contributed by atoms with Crippen LogP contribution in [0.4, 0.5) is 5.69 Å². The van der Waals surface area contributed by atoms with Gasteiger partial charge in [-0.25, -0.2) is 0 Å². The number of piperidine rings is 1. The zero-order valence-corrected chi connectivity index (χ0v) is 16.9. The van der Waals surface area contributed by atoms with Crippen molar-refractivity contribution in [3.05, 3.63) is 65.2 Å². The number of nitrogens with one attached hydrogen (secondary N) is 2. The molecular formula is C22H27ClN3O2+. The molecule has 0 bridgehead atoms. The molecule has 2 aromatic carbocycles. The summed E-state index contributed by atoms with van der Waals surface area (Å²) in [5.41, 5.74) is 1.52. The number of quaternary nitrogens is 1. The molecule has 0 aliphatic carbocycles. The van der Waals surface area contributed by atoms with Crippen molar-refractivity contribution in [3.8, 4) is 0 Å². The molecule has 148 valence electrons. The predicted octanol–water partition coefficient (Wildman–Crippen LogP) is 2.55. The Morgan fingerprint density at radius 2 is 1.68 bits per heavy atom. The van der Waals surface area contributed by atoms with Gasteiger partial charge in [-0.2, -0.15) is 0 Å². The Labute approximate surface area is 171 Å². The molecule has 1 aliphatic heterocycles. The van der Waals surface area contributed by atoms with Crippen LogP contribution in [0.2, 0.25) is 5.02 Å². The maximum absolute atomic E-state index is 13.3. The first kappa shape index (κ1) is 20.4. The van der Waals surface area contributed by atoms with E-state index >= 15 is 0 Å². The summed E-state index contributed by atoms with van der Waals surface area (Å²) >= 11 is 6.13. The molecule has 0 aromatic heterocycles. The molecule has 5 nitrogen and oxygen atoms in total. The number of nitrogens with zero attached hydrogens (tertiary/aromatic N) is 1. The van der Waals surface area contributed by atoms with Crippen LogP contribution < -0.4 is 10.2 Å². The maximum atomic E-state index is 13.3. The van der Waals surface area contributed by atoms with Crippen LogP contribution in [0.15, 0.2) is 54.6 Å². The minimum Gasteiger partial charge on any atom is -0.337 e. The number of hydrogen-bond acceptors (Lipinski definition) is 2. The number of hydrogen-bond donors (Lipinski definition) is 2. The van der Waals surface area contributed by atoms with E-state index in [0.29, 0.717) is 10.7 Å². The van der Waals surface area contributed by atoms with Gasteiger partial charge in [-0.1, -0.05) is 54.1 Å². The van der Waals surface area contributed by atoms with Crippen LogP contribution in [0.5, 0.6) is 0 Å². The molecule has 1 saturated heterocycles. The number of likely N-dealkylation sites (tertiary alicyclic amines) is 1. The number of amides is 2. The Balaban J connectivity index is 1.74. The van der Waals surface area contributed by atoms with Gasteiger partial charge in [0.1, 0.15) is 0 Å². The molecular weight excluding hydrogens is 374 g/mol. The van der Waals surface area contributed by atoms with Gasteiger partial charge in [0.2, 0.25) is 0 Å². The molecule has 1 fully saturated rings. The molecule has 1 heterocycles. The monoisotopic (exact) mass is 400 g/mol. The van der Waals surface area contributed by atoms with Crippen molar-refractivity contribution in [3.63, 3.8) is 0 Å². The van der Waals surface area contributed by atoms with Crippen molar-refractivity contribution < 1.29 is 14.5 Å².